The Morgan fingerprint density at radius 3 is 1.86 bits per heavy atom. The summed E-state index contributed by atoms with van der Waals surface area (Å²) in [4.78, 5) is 37.5. The number of hydrogen-bond acceptors (Lipinski definition) is 4. The summed E-state index contributed by atoms with van der Waals surface area (Å²) in [6, 6.07) is 24.8. The Balaban J connectivity index is 1.62. The Kier molecular flexibility index (Phi) is 9.42. The average Bonchev–Trinajstić information content (AvgIpc) is 2.84. The Hall–Kier alpha value is -4.13. The van der Waals surface area contributed by atoms with Crippen LogP contribution in [0, 0.1) is 5.92 Å². The van der Waals surface area contributed by atoms with Crippen LogP contribution < -0.4 is 16.0 Å². The van der Waals surface area contributed by atoms with E-state index in [1.807, 2.05) is 74.5 Å². The predicted octanol–water partition coefficient (Wildman–Crippen LogP) is 5.15. The van der Waals surface area contributed by atoms with E-state index in [4.69, 9.17) is 4.74 Å². The van der Waals surface area contributed by atoms with E-state index in [2.05, 4.69) is 16.0 Å². The predicted molar refractivity (Wildman–Crippen MR) is 137 cm³/mol. The molecule has 3 aromatic carbocycles. The number of carbonyl (C=O) groups is 3. The molecule has 0 fully saturated rings. The van der Waals surface area contributed by atoms with E-state index in [1.54, 1.807) is 24.3 Å². The molecule has 7 nitrogen and oxygen atoms in total. The molecule has 3 amide bonds. The molecule has 0 aromatic heterocycles. The van der Waals surface area contributed by atoms with Gasteiger partial charge in [0.2, 0.25) is 11.8 Å². The number of alkyl carbamates (subject to hydrolysis) is 1. The molecule has 0 bridgehead atoms. The van der Waals surface area contributed by atoms with Crippen molar-refractivity contribution in [2.45, 2.75) is 39.3 Å². The van der Waals surface area contributed by atoms with Gasteiger partial charge in [0.05, 0.1) is 0 Å². The van der Waals surface area contributed by atoms with Crippen LogP contribution in [0.25, 0.3) is 0 Å². The van der Waals surface area contributed by atoms with Gasteiger partial charge in [-0.25, -0.2) is 4.79 Å². The SMILES string of the molecule is CC(C)CC(=O)Nc1ccc(NC(=O)C(Cc2ccccc2)NC(=O)OCc2ccccc2)cc1. The molecule has 7 heteroatoms. The molecule has 0 aliphatic rings. The fraction of sp³-hybridized carbons (Fsp3) is 0.250. The fourth-order valence-electron chi connectivity index (χ4n) is 3.42. The van der Waals surface area contributed by atoms with Crippen LogP contribution in [-0.2, 0) is 27.4 Å². The summed E-state index contributed by atoms with van der Waals surface area (Å²) in [6.45, 7) is 4.07. The minimum absolute atomic E-state index is 0.0575. The summed E-state index contributed by atoms with van der Waals surface area (Å²) in [7, 11) is 0. The average molecular weight is 474 g/mol. The largest absolute Gasteiger partial charge is 0.445 e. The number of hydrogen-bond donors (Lipinski definition) is 3. The van der Waals surface area contributed by atoms with Crippen LogP contribution >= 0.6 is 0 Å². The van der Waals surface area contributed by atoms with E-state index in [0.29, 0.717) is 24.2 Å². The first-order chi connectivity index (χ1) is 16.9. The summed E-state index contributed by atoms with van der Waals surface area (Å²) < 4.78 is 5.31. The van der Waals surface area contributed by atoms with Crippen molar-refractivity contribution in [3.8, 4) is 0 Å². The van der Waals surface area contributed by atoms with Crippen molar-refractivity contribution in [3.05, 3.63) is 96.1 Å². The van der Waals surface area contributed by atoms with Crippen LogP contribution in [-0.4, -0.2) is 23.9 Å². The van der Waals surface area contributed by atoms with Crippen LogP contribution in [0.4, 0.5) is 16.2 Å². The van der Waals surface area contributed by atoms with Gasteiger partial charge in [-0.15, -0.1) is 0 Å². The van der Waals surface area contributed by atoms with Crippen molar-refractivity contribution in [1.29, 1.82) is 0 Å². The third kappa shape index (κ3) is 8.97. The number of amides is 3. The number of nitrogens with one attached hydrogen (secondary N) is 3. The second-order valence-corrected chi connectivity index (χ2v) is 8.66. The number of benzene rings is 3. The van der Waals surface area contributed by atoms with Crippen molar-refractivity contribution in [2.75, 3.05) is 10.6 Å². The standard InChI is InChI=1S/C28H31N3O4/c1-20(2)17-26(32)29-23-13-15-24(16-14-23)30-27(33)25(18-21-9-5-3-6-10-21)31-28(34)35-19-22-11-7-4-8-12-22/h3-16,20,25H,17-19H2,1-2H3,(H,29,32)(H,30,33)(H,31,34). The normalized spacial score (nSPS) is 11.4. The molecule has 0 heterocycles. The third-order valence-electron chi connectivity index (χ3n) is 5.13. The summed E-state index contributed by atoms with van der Waals surface area (Å²) in [5.41, 5.74) is 2.96. The lowest BCUT2D eigenvalue weighted by Gasteiger charge is -2.19. The van der Waals surface area contributed by atoms with Gasteiger partial charge in [0.25, 0.3) is 0 Å². The van der Waals surface area contributed by atoms with E-state index in [0.717, 1.165) is 11.1 Å². The highest BCUT2D eigenvalue weighted by Gasteiger charge is 2.22. The summed E-state index contributed by atoms with van der Waals surface area (Å²) in [6.07, 6.45) is 0.0652. The monoisotopic (exact) mass is 473 g/mol. The molecule has 35 heavy (non-hydrogen) atoms. The highest BCUT2D eigenvalue weighted by molar-refractivity contribution is 5.97. The van der Waals surface area contributed by atoms with Gasteiger partial charge in [-0.1, -0.05) is 74.5 Å². The number of rotatable bonds is 10. The lowest BCUT2D eigenvalue weighted by atomic mass is 10.1. The lowest BCUT2D eigenvalue weighted by molar-refractivity contribution is -0.118. The van der Waals surface area contributed by atoms with Crippen LogP contribution in [0.5, 0.6) is 0 Å². The maximum absolute atomic E-state index is 13.1. The Labute approximate surface area is 205 Å². The molecule has 3 aromatic rings. The van der Waals surface area contributed by atoms with Gasteiger partial charge in [0, 0.05) is 24.2 Å². The van der Waals surface area contributed by atoms with Crippen LogP contribution in [0.3, 0.4) is 0 Å². The fourth-order valence-corrected chi connectivity index (χ4v) is 3.42. The van der Waals surface area contributed by atoms with E-state index in [-0.39, 0.29) is 24.3 Å². The maximum Gasteiger partial charge on any atom is 0.408 e. The summed E-state index contributed by atoms with van der Waals surface area (Å²) >= 11 is 0. The highest BCUT2D eigenvalue weighted by Crippen LogP contribution is 2.16. The van der Waals surface area contributed by atoms with E-state index in [1.165, 1.54) is 0 Å². The zero-order valence-corrected chi connectivity index (χ0v) is 20.0. The zero-order valence-electron chi connectivity index (χ0n) is 20.0. The van der Waals surface area contributed by atoms with Crippen molar-refractivity contribution in [3.63, 3.8) is 0 Å². The Bertz CT molecular complexity index is 1100. The molecule has 1 atom stereocenters. The molecule has 0 aliphatic carbocycles. The number of carbonyl (C=O) groups excluding carboxylic acids is 3. The van der Waals surface area contributed by atoms with Crippen LogP contribution in [0.15, 0.2) is 84.9 Å². The molecule has 182 valence electrons. The quantitative estimate of drug-likeness (QED) is 0.380. The number of anilines is 2. The first-order valence-corrected chi connectivity index (χ1v) is 11.6. The molecule has 0 saturated heterocycles. The summed E-state index contributed by atoms with van der Waals surface area (Å²) in [5.74, 6) is -0.165. The number of ether oxygens (including phenoxy) is 1. The molecule has 3 rings (SSSR count). The first-order valence-electron chi connectivity index (χ1n) is 11.6. The molecular formula is C28H31N3O4. The van der Waals surface area contributed by atoms with Crippen molar-refractivity contribution >= 4 is 29.3 Å². The van der Waals surface area contributed by atoms with Gasteiger partial charge >= 0.3 is 6.09 Å². The van der Waals surface area contributed by atoms with Crippen molar-refractivity contribution < 1.29 is 19.1 Å². The maximum atomic E-state index is 13.1. The topological polar surface area (TPSA) is 96.5 Å². The van der Waals surface area contributed by atoms with Gasteiger partial charge < -0.3 is 20.7 Å². The van der Waals surface area contributed by atoms with Gasteiger partial charge in [0.1, 0.15) is 12.6 Å². The zero-order chi connectivity index (χ0) is 25.0. The van der Waals surface area contributed by atoms with Gasteiger partial charge in [-0.3, -0.25) is 9.59 Å². The lowest BCUT2D eigenvalue weighted by Crippen LogP contribution is -2.45. The molecule has 0 spiro atoms. The molecule has 3 N–H and O–H groups in total. The van der Waals surface area contributed by atoms with Gasteiger partial charge in [-0.2, -0.15) is 0 Å². The second-order valence-electron chi connectivity index (χ2n) is 8.66. The van der Waals surface area contributed by atoms with E-state index in [9.17, 15) is 14.4 Å². The van der Waals surface area contributed by atoms with Gasteiger partial charge in [0.15, 0.2) is 0 Å². The van der Waals surface area contributed by atoms with Crippen molar-refractivity contribution in [1.82, 2.24) is 5.32 Å². The molecule has 0 radical (unpaired) electrons. The first kappa shape index (κ1) is 25.5. The smallest absolute Gasteiger partial charge is 0.408 e. The molecular weight excluding hydrogens is 442 g/mol. The van der Waals surface area contributed by atoms with Crippen LogP contribution in [0.1, 0.15) is 31.4 Å². The molecule has 0 saturated carbocycles. The van der Waals surface area contributed by atoms with Crippen molar-refractivity contribution in [2.24, 2.45) is 5.92 Å². The molecule has 1 unspecified atom stereocenters. The minimum atomic E-state index is -0.842. The second kappa shape index (κ2) is 12.9. The summed E-state index contributed by atoms with van der Waals surface area (Å²) in [5, 5.41) is 8.35. The highest BCUT2D eigenvalue weighted by atomic mass is 16.5. The van der Waals surface area contributed by atoms with E-state index < -0.39 is 12.1 Å². The van der Waals surface area contributed by atoms with Crippen LogP contribution in [0.2, 0.25) is 0 Å². The Morgan fingerprint density at radius 2 is 1.29 bits per heavy atom. The van der Waals surface area contributed by atoms with Gasteiger partial charge in [-0.05, 0) is 41.3 Å². The Morgan fingerprint density at radius 1 is 0.743 bits per heavy atom. The van der Waals surface area contributed by atoms with E-state index >= 15 is 0 Å². The molecule has 0 aliphatic heterocycles. The third-order valence-corrected chi connectivity index (χ3v) is 5.13. The minimum Gasteiger partial charge on any atom is -0.445 e.